The van der Waals surface area contributed by atoms with Gasteiger partial charge in [-0.05, 0) is 37.3 Å². The molecule has 0 saturated heterocycles. The van der Waals surface area contributed by atoms with Crippen molar-refractivity contribution in [3.8, 4) is 17.2 Å². The van der Waals surface area contributed by atoms with Crippen molar-refractivity contribution < 1.29 is 19.3 Å². The zero-order chi connectivity index (χ0) is 14.7. The van der Waals surface area contributed by atoms with Gasteiger partial charge in [-0.2, -0.15) is 0 Å². The van der Waals surface area contributed by atoms with Crippen molar-refractivity contribution in [1.82, 2.24) is 0 Å². The number of hydrogen-bond acceptors (Lipinski definition) is 4. The number of phenolic OH excluding ortho intramolecular Hbond substituents is 2. The van der Waals surface area contributed by atoms with Crippen LogP contribution in [0.4, 0.5) is 10.1 Å². The van der Waals surface area contributed by atoms with Crippen LogP contribution in [-0.4, -0.2) is 17.3 Å². The molecule has 0 bridgehead atoms. The van der Waals surface area contributed by atoms with Gasteiger partial charge in [0, 0.05) is 17.3 Å². The molecule has 0 amide bonds. The quantitative estimate of drug-likeness (QED) is 0.749. The van der Waals surface area contributed by atoms with Gasteiger partial charge in [-0.3, -0.25) is 0 Å². The van der Waals surface area contributed by atoms with Gasteiger partial charge in [-0.15, -0.1) is 0 Å². The highest BCUT2D eigenvalue weighted by molar-refractivity contribution is 5.51. The molecule has 0 aliphatic heterocycles. The molecule has 106 valence electrons. The lowest BCUT2D eigenvalue weighted by Crippen LogP contribution is -2.07. The fourth-order valence-corrected chi connectivity index (χ4v) is 1.93. The number of ether oxygens (including phenoxy) is 1. The van der Waals surface area contributed by atoms with Crippen LogP contribution in [0.3, 0.4) is 0 Å². The molecule has 2 rings (SSSR count). The zero-order valence-corrected chi connectivity index (χ0v) is 11.2. The van der Waals surface area contributed by atoms with Crippen molar-refractivity contribution in [1.29, 1.82) is 0 Å². The summed E-state index contributed by atoms with van der Waals surface area (Å²) >= 11 is 0. The number of anilines is 1. The molecule has 0 radical (unpaired) electrons. The van der Waals surface area contributed by atoms with E-state index in [1.165, 1.54) is 12.1 Å². The average Bonchev–Trinajstić information content (AvgIpc) is 2.43. The maximum atomic E-state index is 13.3. The van der Waals surface area contributed by atoms with E-state index >= 15 is 0 Å². The van der Waals surface area contributed by atoms with Crippen molar-refractivity contribution in [2.45, 2.75) is 13.0 Å². The smallest absolute Gasteiger partial charge is 0.166 e. The number of aromatic hydroxyl groups is 2. The minimum Gasteiger partial charge on any atom is -0.508 e. The second-order valence-corrected chi connectivity index (χ2v) is 4.46. The molecular weight excluding hydrogens is 261 g/mol. The van der Waals surface area contributed by atoms with Gasteiger partial charge in [-0.25, -0.2) is 4.39 Å². The van der Waals surface area contributed by atoms with Crippen molar-refractivity contribution in [3.63, 3.8) is 0 Å². The zero-order valence-electron chi connectivity index (χ0n) is 11.2. The van der Waals surface area contributed by atoms with E-state index < -0.39 is 11.6 Å². The summed E-state index contributed by atoms with van der Waals surface area (Å²) in [7, 11) is 1.55. The number of methoxy groups -OCH3 is 1. The van der Waals surface area contributed by atoms with Gasteiger partial charge in [0.25, 0.3) is 0 Å². The molecule has 3 N–H and O–H groups in total. The highest BCUT2D eigenvalue weighted by Gasteiger charge is 2.12. The molecule has 4 nitrogen and oxygen atoms in total. The predicted octanol–water partition coefficient (Wildman–Crippen LogP) is 3.42. The molecule has 0 spiro atoms. The van der Waals surface area contributed by atoms with Crippen LogP contribution in [0.1, 0.15) is 18.5 Å². The number of hydrogen-bond donors (Lipinski definition) is 3. The maximum Gasteiger partial charge on any atom is 0.166 e. The van der Waals surface area contributed by atoms with Crippen LogP contribution in [0.2, 0.25) is 0 Å². The minimum atomic E-state index is -0.697. The Kier molecular flexibility index (Phi) is 3.98. The molecule has 0 aliphatic carbocycles. The maximum absolute atomic E-state index is 13.3. The highest BCUT2D eigenvalue weighted by atomic mass is 19.1. The first-order chi connectivity index (χ1) is 9.51. The van der Waals surface area contributed by atoms with E-state index in [2.05, 4.69) is 5.32 Å². The standard InChI is InChI=1S/C15H16FNO3/c1-9(12-8-11(20-2)4-6-14(12)18)17-10-3-5-15(19)13(16)7-10/h3-9,17-19H,1-2H3. The van der Waals surface area contributed by atoms with Crippen LogP contribution in [0.25, 0.3) is 0 Å². The summed E-state index contributed by atoms with van der Waals surface area (Å²) in [5, 5.41) is 22.1. The Bertz CT molecular complexity index is 616. The van der Waals surface area contributed by atoms with E-state index in [9.17, 15) is 9.50 Å². The van der Waals surface area contributed by atoms with Crippen LogP contribution in [-0.2, 0) is 0 Å². The van der Waals surface area contributed by atoms with Crippen molar-refractivity contribution in [3.05, 3.63) is 47.8 Å². The molecule has 1 unspecified atom stereocenters. The Labute approximate surface area is 116 Å². The first-order valence-electron chi connectivity index (χ1n) is 6.13. The van der Waals surface area contributed by atoms with Gasteiger partial charge in [0.2, 0.25) is 0 Å². The summed E-state index contributed by atoms with van der Waals surface area (Å²) in [5.74, 6) is -0.335. The summed E-state index contributed by atoms with van der Waals surface area (Å²) in [5.41, 5.74) is 1.15. The van der Waals surface area contributed by atoms with E-state index in [1.807, 2.05) is 6.92 Å². The molecule has 0 fully saturated rings. The largest absolute Gasteiger partial charge is 0.508 e. The molecule has 0 aromatic heterocycles. The Balaban J connectivity index is 2.23. The molecule has 0 aliphatic rings. The Hall–Kier alpha value is -2.43. The summed E-state index contributed by atoms with van der Waals surface area (Å²) in [4.78, 5) is 0. The first-order valence-corrected chi connectivity index (χ1v) is 6.13. The minimum absolute atomic E-state index is 0.130. The lowest BCUT2D eigenvalue weighted by atomic mass is 10.1. The fourth-order valence-electron chi connectivity index (χ4n) is 1.93. The molecule has 2 aromatic rings. The fraction of sp³-hybridized carbons (Fsp3) is 0.200. The van der Waals surface area contributed by atoms with E-state index in [0.29, 0.717) is 17.0 Å². The second-order valence-electron chi connectivity index (χ2n) is 4.46. The van der Waals surface area contributed by atoms with Gasteiger partial charge in [0.1, 0.15) is 11.5 Å². The summed E-state index contributed by atoms with van der Waals surface area (Å²) in [6.07, 6.45) is 0. The van der Waals surface area contributed by atoms with E-state index in [1.54, 1.807) is 31.4 Å². The van der Waals surface area contributed by atoms with Crippen molar-refractivity contribution in [2.75, 3.05) is 12.4 Å². The van der Waals surface area contributed by atoms with Crippen LogP contribution in [0, 0.1) is 5.82 Å². The third-order valence-electron chi connectivity index (χ3n) is 3.03. The lowest BCUT2D eigenvalue weighted by Gasteiger charge is -2.18. The highest BCUT2D eigenvalue weighted by Crippen LogP contribution is 2.31. The van der Waals surface area contributed by atoms with Crippen molar-refractivity contribution >= 4 is 5.69 Å². The SMILES string of the molecule is COc1ccc(O)c(C(C)Nc2ccc(O)c(F)c2)c1. The predicted molar refractivity (Wildman–Crippen MR) is 74.8 cm³/mol. The number of halogens is 1. The molecular formula is C15H16FNO3. The first kappa shape index (κ1) is 14.0. The Morgan fingerprint density at radius 2 is 1.80 bits per heavy atom. The number of benzene rings is 2. The van der Waals surface area contributed by atoms with Gasteiger partial charge in [0.15, 0.2) is 11.6 Å². The molecule has 20 heavy (non-hydrogen) atoms. The molecule has 0 saturated carbocycles. The summed E-state index contributed by atoms with van der Waals surface area (Å²) in [6.45, 7) is 1.83. The Morgan fingerprint density at radius 3 is 2.45 bits per heavy atom. The number of nitrogens with one attached hydrogen (secondary N) is 1. The van der Waals surface area contributed by atoms with Gasteiger partial charge >= 0.3 is 0 Å². The second kappa shape index (κ2) is 5.69. The third-order valence-corrected chi connectivity index (χ3v) is 3.03. The summed E-state index contributed by atoms with van der Waals surface area (Å²) < 4.78 is 18.4. The van der Waals surface area contributed by atoms with Crippen LogP contribution < -0.4 is 10.1 Å². The van der Waals surface area contributed by atoms with E-state index in [4.69, 9.17) is 9.84 Å². The molecule has 0 heterocycles. The normalized spacial score (nSPS) is 11.9. The Morgan fingerprint density at radius 1 is 1.10 bits per heavy atom. The van der Waals surface area contributed by atoms with Crippen LogP contribution in [0.15, 0.2) is 36.4 Å². The molecule has 5 heteroatoms. The van der Waals surface area contributed by atoms with E-state index in [-0.39, 0.29) is 11.8 Å². The lowest BCUT2D eigenvalue weighted by molar-refractivity contribution is 0.410. The number of rotatable bonds is 4. The topological polar surface area (TPSA) is 61.7 Å². The monoisotopic (exact) mass is 277 g/mol. The van der Waals surface area contributed by atoms with Gasteiger partial charge in [0.05, 0.1) is 13.2 Å². The number of phenols is 2. The van der Waals surface area contributed by atoms with Crippen molar-refractivity contribution in [2.24, 2.45) is 0 Å². The van der Waals surface area contributed by atoms with Gasteiger partial charge < -0.3 is 20.3 Å². The average molecular weight is 277 g/mol. The summed E-state index contributed by atoms with van der Waals surface area (Å²) in [6, 6.07) is 8.69. The van der Waals surface area contributed by atoms with Crippen LogP contribution in [0.5, 0.6) is 17.2 Å². The van der Waals surface area contributed by atoms with Crippen LogP contribution >= 0.6 is 0 Å². The van der Waals surface area contributed by atoms with E-state index in [0.717, 1.165) is 0 Å². The third kappa shape index (κ3) is 2.93. The van der Waals surface area contributed by atoms with Gasteiger partial charge in [-0.1, -0.05) is 0 Å². The molecule has 1 atom stereocenters. The molecule has 2 aromatic carbocycles.